The Labute approximate surface area is 95.1 Å². The zero-order valence-corrected chi connectivity index (χ0v) is 9.54. The van der Waals surface area contributed by atoms with E-state index in [-0.39, 0.29) is 17.9 Å². The van der Waals surface area contributed by atoms with Crippen LogP contribution >= 0.6 is 0 Å². The number of carbonyl (C=O) groups excluding carboxylic acids is 2. The molecule has 0 spiro atoms. The van der Waals surface area contributed by atoms with Gasteiger partial charge < -0.3 is 20.7 Å². The molecule has 3 N–H and O–H groups in total. The van der Waals surface area contributed by atoms with Gasteiger partial charge in [-0.3, -0.25) is 9.59 Å². The fourth-order valence-electron chi connectivity index (χ4n) is 1.49. The molecule has 92 valence electrons. The Morgan fingerprint density at radius 1 is 1.44 bits per heavy atom. The van der Waals surface area contributed by atoms with Gasteiger partial charge in [-0.1, -0.05) is 0 Å². The van der Waals surface area contributed by atoms with Crippen LogP contribution in [0.25, 0.3) is 0 Å². The average molecular weight is 229 g/mol. The van der Waals surface area contributed by atoms with Gasteiger partial charge >= 0.3 is 0 Å². The molecule has 1 unspecified atom stereocenters. The molecule has 1 heterocycles. The molecule has 1 saturated heterocycles. The highest BCUT2D eigenvalue weighted by atomic mass is 16.5. The third-order valence-electron chi connectivity index (χ3n) is 2.38. The van der Waals surface area contributed by atoms with Gasteiger partial charge in [0.25, 0.3) is 0 Å². The van der Waals surface area contributed by atoms with Crippen LogP contribution in [0, 0.1) is 0 Å². The summed E-state index contributed by atoms with van der Waals surface area (Å²) in [5.74, 6) is -0.119. The van der Waals surface area contributed by atoms with Crippen molar-refractivity contribution in [1.29, 1.82) is 0 Å². The van der Waals surface area contributed by atoms with Crippen molar-refractivity contribution in [3.63, 3.8) is 0 Å². The van der Waals surface area contributed by atoms with Crippen LogP contribution in [-0.2, 0) is 14.3 Å². The molecule has 0 aliphatic carbocycles. The Hall–Kier alpha value is -1.14. The minimum absolute atomic E-state index is 0.0492. The van der Waals surface area contributed by atoms with Gasteiger partial charge in [-0.15, -0.1) is 0 Å². The minimum Gasteiger partial charge on any atom is -0.378 e. The van der Waals surface area contributed by atoms with E-state index in [0.29, 0.717) is 32.6 Å². The normalized spacial score (nSPS) is 20.2. The van der Waals surface area contributed by atoms with Crippen molar-refractivity contribution in [2.75, 3.05) is 33.4 Å². The first-order valence-electron chi connectivity index (χ1n) is 5.50. The van der Waals surface area contributed by atoms with Crippen molar-refractivity contribution in [1.82, 2.24) is 16.0 Å². The van der Waals surface area contributed by atoms with Crippen LogP contribution in [0.15, 0.2) is 0 Å². The van der Waals surface area contributed by atoms with Crippen LogP contribution in [0.4, 0.5) is 0 Å². The highest BCUT2D eigenvalue weighted by Gasteiger charge is 2.16. The van der Waals surface area contributed by atoms with E-state index in [1.54, 1.807) is 7.05 Å². The topological polar surface area (TPSA) is 79.5 Å². The molecule has 1 aliphatic heterocycles. The Kier molecular flexibility index (Phi) is 5.81. The molecule has 16 heavy (non-hydrogen) atoms. The molecule has 0 aromatic heterocycles. The number of ether oxygens (including phenoxy) is 1. The highest BCUT2D eigenvalue weighted by Crippen LogP contribution is 1.97. The lowest BCUT2D eigenvalue weighted by molar-refractivity contribution is -0.122. The van der Waals surface area contributed by atoms with E-state index < -0.39 is 0 Å². The average Bonchev–Trinajstić information content (AvgIpc) is 2.30. The SMILES string of the molecule is CNC(=O)CCNC(=O)CC1COCCN1. The van der Waals surface area contributed by atoms with E-state index in [0.717, 1.165) is 6.54 Å². The summed E-state index contributed by atoms with van der Waals surface area (Å²) in [4.78, 5) is 22.3. The smallest absolute Gasteiger partial charge is 0.221 e. The molecule has 1 fully saturated rings. The fraction of sp³-hybridized carbons (Fsp3) is 0.800. The van der Waals surface area contributed by atoms with E-state index in [4.69, 9.17) is 4.74 Å². The second-order valence-corrected chi connectivity index (χ2v) is 3.70. The van der Waals surface area contributed by atoms with Gasteiger partial charge in [0.1, 0.15) is 0 Å². The summed E-state index contributed by atoms with van der Waals surface area (Å²) >= 11 is 0. The predicted octanol–water partition coefficient (Wildman–Crippen LogP) is -1.38. The molecule has 1 rings (SSSR count). The summed E-state index contributed by atoms with van der Waals surface area (Å²) in [7, 11) is 1.58. The molecule has 0 radical (unpaired) electrons. The van der Waals surface area contributed by atoms with Crippen molar-refractivity contribution in [3.05, 3.63) is 0 Å². The molecule has 0 aromatic rings. The molecule has 6 nitrogen and oxygen atoms in total. The molecule has 0 aromatic carbocycles. The number of morpholine rings is 1. The maximum Gasteiger partial charge on any atom is 0.221 e. The monoisotopic (exact) mass is 229 g/mol. The zero-order valence-electron chi connectivity index (χ0n) is 9.54. The van der Waals surface area contributed by atoms with Gasteiger partial charge in [0, 0.05) is 39.0 Å². The second-order valence-electron chi connectivity index (χ2n) is 3.70. The lowest BCUT2D eigenvalue weighted by atomic mass is 10.2. The van der Waals surface area contributed by atoms with Crippen molar-refractivity contribution in [3.8, 4) is 0 Å². The van der Waals surface area contributed by atoms with Crippen LogP contribution < -0.4 is 16.0 Å². The largest absolute Gasteiger partial charge is 0.378 e. The first kappa shape index (κ1) is 12.9. The predicted molar refractivity (Wildman–Crippen MR) is 58.9 cm³/mol. The molecular weight excluding hydrogens is 210 g/mol. The molecule has 2 amide bonds. The van der Waals surface area contributed by atoms with Crippen molar-refractivity contribution in [2.45, 2.75) is 18.9 Å². The Balaban J connectivity index is 2.08. The fourth-order valence-corrected chi connectivity index (χ4v) is 1.49. The Bertz CT molecular complexity index is 239. The van der Waals surface area contributed by atoms with E-state index >= 15 is 0 Å². The molecule has 0 bridgehead atoms. The zero-order chi connectivity index (χ0) is 11.8. The van der Waals surface area contributed by atoms with Crippen LogP contribution in [0.1, 0.15) is 12.8 Å². The summed E-state index contributed by atoms with van der Waals surface area (Å²) in [5.41, 5.74) is 0. The summed E-state index contributed by atoms with van der Waals surface area (Å²) in [6.45, 7) is 2.44. The van der Waals surface area contributed by atoms with Gasteiger partial charge in [0.2, 0.25) is 11.8 Å². The molecule has 6 heteroatoms. The first-order chi connectivity index (χ1) is 7.72. The highest BCUT2D eigenvalue weighted by molar-refractivity contribution is 5.79. The van der Waals surface area contributed by atoms with Crippen molar-refractivity contribution >= 4 is 11.8 Å². The maximum atomic E-state index is 11.4. The minimum atomic E-state index is -0.0700. The van der Waals surface area contributed by atoms with Gasteiger partial charge in [0.05, 0.1) is 13.2 Å². The van der Waals surface area contributed by atoms with Gasteiger partial charge in [-0.25, -0.2) is 0 Å². The number of hydrogen-bond acceptors (Lipinski definition) is 4. The maximum absolute atomic E-state index is 11.4. The summed E-state index contributed by atoms with van der Waals surface area (Å²) in [5, 5.41) is 8.39. The standard InChI is InChI=1S/C10H19N3O3/c1-11-9(14)2-3-13-10(15)6-8-7-16-5-4-12-8/h8,12H,2-7H2,1H3,(H,11,14)(H,13,15). The van der Waals surface area contributed by atoms with Gasteiger partial charge in [0.15, 0.2) is 0 Å². The number of hydrogen-bond donors (Lipinski definition) is 3. The lowest BCUT2D eigenvalue weighted by Gasteiger charge is -2.23. The van der Waals surface area contributed by atoms with E-state index in [2.05, 4.69) is 16.0 Å². The van der Waals surface area contributed by atoms with E-state index in [1.807, 2.05) is 0 Å². The first-order valence-corrected chi connectivity index (χ1v) is 5.50. The van der Waals surface area contributed by atoms with Crippen LogP contribution in [-0.4, -0.2) is 51.2 Å². The number of carbonyl (C=O) groups is 2. The third-order valence-corrected chi connectivity index (χ3v) is 2.38. The molecule has 1 atom stereocenters. The molecule has 0 saturated carbocycles. The number of nitrogens with one attached hydrogen (secondary N) is 3. The lowest BCUT2D eigenvalue weighted by Crippen LogP contribution is -2.44. The van der Waals surface area contributed by atoms with Crippen molar-refractivity contribution in [2.24, 2.45) is 0 Å². The van der Waals surface area contributed by atoms with Crippen LogP contribution in [0.5, 0.6) is 0 Å². The Morgan fingerprint density at radius 2 is 2.25 bits per heavy atom. The number of rotatable bonds is 5. The molecule has 1 aliphatic rings. The summed E-state index contributed by atoms with van der Waals surface area (Å²) in [6.07, 6.45) is 0.713. The Morgan fingerprint density at radius 3 is 2.88 bits per heavy atom. The van der Waals surface area contributed by atoms with Crippen molar-refractivity contribution < 1.29 is 14.3 Å². The summed E-state index contributed by atoms with van der Waals surface area (Å²) < 4.78 is 5.24. The van der Waals surface area contributed by atoms with Crippen LogP contribution in [0.2, 0.25) is 0 Å². The third kappa shape index (κ3) is 5.09. The second kappa shape index (κ2) is 7.19. The molecular formula is C10H19N3O3. The van der Waals surface area contributed by atoms with Crippen LogP contribution in [0.3, 0.4) is 0 Å². The van der Waals surface area contributed by atoms with E-state index in [9.17, 15) is 9.59 Å². The number of amides is 2. The quantitative estimate of drug-likeness (QED) is 0.543. The summed E-state index contributed by atoms with van der Waals surface area (Å²) in [6, 6.07) is 0.0914. The van der Waals surface area contributed by atoms with E-state index in [1.165, 1.54) is 0 Å². The van der Waals surface area contributed by atoms with Gasteiger partial charge in [-0.2, -0.15) is 0 Å². The van der Waals surface area contributed by atoms with Gasteiger partial charge in [-0.05, 0) is 0 Å².